The largest absolute Gasteiger partial charge is 0.464 e. The van der Waals surface area contributed by atoms with E-state index in [2.05, 4.69) is 5.32 Å². The number of aromatic nitrogens is 1. The molecule has 1 heterocycles. The molecule has 1 aromatic carbocycles. The Labute approximate surface area is 111 Å². The van der Waals surface area contributed by atoms with Crippen LogP contribution < -0.4 is 5.32 Å². The molecule has 1 N–H and O–H groups in total. The molecule has 0 saturated heterocycles. The quantitative estimate of drug-likeness (QED) is 0.842. The first-order valence-electron chi connectivity index (χ1n) is 5.91. The van der Waals surface area contributed by atoms with Crippen molar-refractivity contribution < 1.29 is 14.3 Å². The molecule has 5 heteroatoms. The minimum Gasteiger partial charge on any atom is -0.464 e. The van der Waals surface area contributed by atoms with Gasteiger partial charge in [-0.15, -0.1) is 0 Å². The van der Waals surface area contributed by atoms with Gasteiger partial charge in [0.05, 0.1) is 18.3 Å². The van der Waals surface area contributed by atoms with Crippen molar-refractivity contribution in [1.82, 2.24) is 4.57 Å². The van der Waals surface area contributed by atoms with Crippen LogP contribution >= 0.6 is 0 Å². The SMILES string of the molecule is COC(=O)c1c(NC(C)=O)c2c(C)cccc2n1C. The summed E-state index contributed by atoms with van der Waals surface area (Å²) in [6, 6.07) is 5.76. The third-order valence-corrected chi connectivity index (χ3v) is 3.11. The summed E-state index contributed by atoms with van der Waals surface area (Å²) in [5.74, 6) is -0.692. The summed E-state index contributed by atoms with van der Waals surface area (Å²) >= 11 is 0. The van der Waals surface area contributed by atoms with Crippen molar-refractivity contribution in [2.45, 2.75) is 13.8 Å². The molecule has 0 aliphatic heterocycles. The lowest BCUT2D eigenvalue weighted by Gasteiger charge is -2.06. The Hall–Kier alpha value is -2.30. The number of carbonyl (C=O) groups excluding carboxylic acids is 2. The number of methoxy groups -OCH3 is 1. The molecule has 0 radical (unpaired) electrons. The van der Waals surface area contributed by atoms with Crippen LogP contribution in [0.5, 0.6) is 0 Å². The van der Waals surface area contributed by atoms with Gasteiger partial charge in [0.25, 0.3) is 0 Å². The summed E-state index contributed by atoms with van der Waals surface area (Å²) in [7, 11) is 3.10. The lowest BCUT2D eigenvalue weighted by Crippen LogP contribution is -2.13. The molecule has 0 aliphatic rings. The number of nitrogens with one attached hydrogen (secondary N) is 1. The van der Waals surface area contributed by atoms with E-state index in [4.69, 9.17) is 4.74 Å². The molecule has 2 rings (SSSR count). The Kier molecular flexibility index (Phi) is 3.29. The van der Waals surface area contributed by atoms with E-state index in [1.165, 1.54) is 14.0 Å². The maximum atomic E-state index is 11.9. The summed E-state index contributed by atoms with van der Waals surface area (Å²) in [5.41, 5.74) is 2.73. The van der Waals surface area contributed by atoms with Gasteiger partial charge < -0.3 is 14.6 Å². The normalized spacial score (nSPS) is 10.5. The molecule has 0 aliphatic carbocycles. The highest BCUT2D eigenvalue weighted by molar-refractivity contribution is 6.12. The van der Waals surface area contributed by atoms with E-state index < -0.39 is 5.97 Å². The summed E-state index contributed by atoms with van der Waals surface area (Å²) < 4.78 is 6.53. The van der Waals surface area contributed by atoms with Gasteiger partial charge in [0, 0.05) is 19.4 Å². The second-order valence-corrected chi connectivity index (χ2v) is 4.42. The third kappa shape index (κ3) is 2.07. The molecule has 0 saturated carbocycles. The van der Waals surface area contributed by atoms with E-state index in [0.717, 1.165) is 16.5 Å². The number of benzene rings is 1. The van der Waals surface area contributed by atoms with E-state index in [-0.39, 0.29) is 5.91 Å². The van der Waals surface area contributed by atoms with E-state index >= 15 is 0 Å². The van der Waals surface area contributed by atoms with Gasteiger partial charge in [-0.2, -0.15) is 0 Å². The molecule has 0 unspecified atom stereocenters. The monoisotopic (exact) mass is 260 g/mol. The lowest BCUT2D eigenvalue weighted by molar-refractivity contribution is -0.114. The van der Waals surface area contributed by atoms with Crippen LogP contribution in [-0.2, 0) is 16.6 Å². The number of rotatable bonds is 2. The van der Waals surface area contributed by atoms with Crippen LogP contribution in [0.1, 0.15) is 23.0 Å². The number of hydrogen-bond donors (Lipinski definition) is 1. The Bertz CT molecular complexity index is 671. The molecule has 0 atom stereocenters. The van der Waals surface area contributed by atoms with Crippen molar-refractivity contribution in [3.63, 3.8) is 0 Å². The van der Waals surface area contributed by atoms with Crippen molar-refractivity contribution >= 4 is 28.5 Å². The number of fused-ring (bicyclic) bond motifs is 1. The number of amides is 1. The van der Waals surface area contributed by atoms with Crippen molar-refractivity contribution in [3.8, 4) is 0 Å². The second-order valence-electron chi connectivity index (χ2n) is 4.42. The summed E-state index contributed by atoms with van der Waals surface area (Å²) in [4.78, 5) is 23.3. The standard InChI is InChI=1S/C14H16N2O3/c1-8-6-5-7-10-11(8)12(15-9(2)17)13(16(10)3)14(18)19-4/h5-7H,1-4H3,(H,15,17). The van der Waals surface area contributed by atoms with Crippen LogP contribution in [0.15, 0.2) is 18.2 Å². The Morgan fingerprint density at radius 1 is 1.32 bits per heavy atom. The molecular weight excluding hydrogens is 244 g/mol. The Balaban J connectivity index is 2.85. The number of esters is 1. The van der Waals surface area contributed by atoms with Crippen molar-refractivity contribution in [3.05, 3.63) is 29.5 Å². The summed E-state index contributed by atoms with van der Waals surface area (Å²) in [5, 5.41) is 3.59. The molecule has 0 fully saturated rings. The second kappa shape index (κ2) is 4.76. The van der Waals surface area contributed by atoms with Crippen LogP contribution in [-0.4, -0.2) is 23.6 Å². The van der Waals surface area contributed by atoms with Gasteiger partial charge in [0.15, 0.2) is 5.69 Å². The Morgan fingerprint density at radius 2 is 2.00 bits per heavy atom. The molecule has 19 heavy (non-hydrogen) atoms. The van der Waals surface area contributed by atoms with Crippen LogP contribution in [0.2, 0.25) is 0 Å². The van der Waals surface area contributed by atoms with Crippen molar-refractivity contribution in [2.75, 3.05) is 12.4 Å². The average molecular weight is 260 g/mol. The third-order valence-electron chi connectivity index (χ3n) is 3.11. The number of aryl methyl sites for hydroxylation is 2. The van der Waals surface area contributed by atoms with Gasteiger partial charge >= 0.3 is 5.97 Å². The van der Waals surface area contributed by atoms with Crippen molar-refractivity contribution in [2.24, 2.45) is 7.05 Å². The summed E-state index contributed by atoms with van der Waals surface area (Å²) in [6.45, 7) is 3.35. The highest BCUT2D eigenvalue weighted by Gasteiger charge is 2.23. The van der Waals surface area contributed by atoms with Crippen LogP contribution in [0.25, 0.3) is 10.9 Å². The van der Waals surface area contributed by atoms with E-state index in [0.29, 0.717) is 11.4 Å². The van der Waals surface area contributed by atoms with Gasteiger partial charge in [-0.25, -0.2) is 4.79 Å². The van der Waals surface area contributed by atoms with Crippen molar-refractivity contribution in [1.29, 1.82) is 0 Å². The zero-order chi connectivity index (χ0) is 14.2. The molecule has 0 spiro atoms. The van der Waals surface area contributed by atoms with Gasteiger partial charge in [-0.3, -0.25) is 4.79 Å². The van der Waals surface area contributed by atoms with E-state index in [9.17, 15) is 9.59 Å². The number of anilines is 1. The molecule has 0 bridgehead atoms. The predicted molar refractivity (Wildman–Crippen MR) is 73.3 cm³/mol. The van der Waals surface area contributed by atoms with E-state index in [1.54, 1.807) is 11.6 Å². The van der Waals surface area contributed by atoms with Crippen LogP contribution in [0.4, 0.5) is 5.69 Å². The highest BCUT2D eigenvalue weighted by Crippen LogP contribution is 2.33. The number of nitrogens with zero attached hydrogens (tertiary/aromatic N) is 1. The fourth-order valence-corrected chi connectivity index (χ4v) is 2.30. The van der Waals surface area contributed by atoms with Gasteiger partial charge in [0.1, 0.15) is 0 Å². The number of carbonyl (C=O) groups is 2. The Morgan fingerprint density at radius 3 is 2.58 bits per heavy atom. The zero-order valence-electron chi connectivity index (χ0n) is 11.4. The highest BCUT2D eigenvalue weighted by atomic mass is 16.5. The maximum Gasteiger partial charge on any atom is 0.356 e. The fourth-order valence-electron chi connectivity index (χ4n) is 2.30. The molecule has 1 aromatic heterocycles. The summed E-state index contributed by atoms with van der Waals surface area (Å²) in [6.07, 6.45) is 0. The molecule has 100 valence electrons. The maximum absolute atomic E-state index is 11.9. The topological polar surface area (TPSA) is 60.3 Å². The molecule has 5 nitrogen and oxygen atoms in total. The van der Waals surface area contributed by atoms with Gasteiger partial charge in [-0.1, -0.05) is 12.1 Å². The molecule has 1 amide bonds. The average Bonchev–Trinajstić information content (AvgIpc) is 2.63. The number of ether oxygens (including phenoxy) is 1. The smallest absolute Gasteiger partial charge is 0.356 e. The van der Waals surface area contributed by atoms with Gasteiger partial charge in [-0.05, 0) is 18.6 Å². The predicted octanol–water partition coefficient (Wildman–Crippen LogP) is 2.23. The first-order valence-corrected chi connectivity index (χ1v) is 5.91. The fraction of sp³-hybridized carbons (Fsp3) is 0.286. The molecular formula is C14H16N2O3. The lowest BCUT2D eigenvalue weighted by atomic mass is 10.1. The van der Waals surface area contributed by atoms with Crippen LogP contribution in [0.3, 0.4) is 0 Å². The molecule has 2 aromatic rings. The minimum absolute atomic E-state index is 0.221. The minimum atomic E-state index is -0.471. The number of hydrogen-bond acceptors (Lipinski definition) is 3. The van der Waals surface area contributed by atoms with Gasteiger partial charge in [0.2, 0.25) is 5.91 Å². The first-order chi connectivity index (χ1) is 8.97. The van der Waals surface area contributed by atoms with Crippen LogP contribution in [0, 0.1) is 6.92 Å². The zero-order valence-corrected chi connectivity index (χ0v) is 11.4. The van der Waals surface area contributed by atoms with E-state index in [1.807, 2.05) is 25.1 Å². The first kappa shape index (κ1) is 13.1.